The molecule has 0 unspecified atom stereocenters. The van der Waals surface area contributed by atoms with E-state index < -0.39 is 0 Å². The molecular weight excluding hydrogens is 279 g/mol. The third-order valence-corrected chi connectivity index (χ3v) is 3.55. The van der Waals surface area contributed by atoms with Gasteiger partial charge in [-0.15, -0.1) is 11.6 Å². The number of nitrogens with zero attached hydrogens (tertiary/aromatic N) is 2. The highest BCUT2D eigenvalue weighted by atomic mass is 35.5. The van der Waals surface area contributed by atoms with E-state index in [0.717, 1.165) is 36.2 Å². The minimum absolute atomic E-state index is 0.540. The SMILES string of the molecule is CCCn1c(CCCl)nc2cc(Cl)c(Cl)cc21. The van der Waals surface area contributed by atoms with Crippen LogP contribution in [0, 0.1) is 0 Å². The van der Waals surface area contributed by atoms with Crippen molar-refractivity contribution in [3.63, 3.8) is 0 Å². The molecule has 0 fully saturated rings. The fraction of sp³-hybridized carbons (Fsp3) is 0.417. The number of imidazole rings is 1. The largest absolute Gasteiger partial charge is 0.328 e. The summed E-state index contributed by atoms with van der Waals surface area (Å²) < 4.78 is 2.17. The maximum absolute atomic E-state index is 6.05. The van der Waals surface area contributed by atoms with Gasteiger partial charge in [0.2, 0.25) is 0 Å². The number of hydrogen-bond donors (Lipinski definition) is 0. The molecule has 0 aliphatic carbocycles. The Kier molecular flexibility index (Phi) is 4.18. The van der Waals surface area contributed by atoms with Gasteiger partial charge in [-0.3, -0.25) is 0 Å². The van der Waals surface area contributed by atoms with Gasteiger partial charge in [0, 0.05) is 18.8 Å². The van der Waals surface area contributed by atoms with Crippen molar-refractivity contribution >= 4 is 45.8 Å². The fourth-order valence-corrected chi connectivity index (χ4v) is 2.40. The molecule has 2 nitrogen and oxygen atoms in total. The second kappa shape index (κ2) is 5.47. The lowest BCUT2D eigenvalue weighted by atomic mass is 10.3. The van der Waals surface area contributed by atoms with Crippen LogP contribution < -0.4 is 0 Å². The van der Waals surface area contributed by atoms with Crippen LogP contribution in [-0.4, -0.2) is 15.4 Å². The van der Waals surface area contributed by atoms with Gasteiger partial charge in [0.25, 0.3) is 0 Å². The van der Waals surface area contributed by atoms with E-state index in [-0.39, 0.29) is 0 Å². The second-order valence-corrected chi connectivity index (χ2v) is 5.07. The molecule has 0 saturated heterocycles. The van der Waals surface area contributed by atoms with Crippen molar-refractivity contribution in [2.24, 2.45) is 0 Å². The summed E-state index contributed by atoms with van der Waals surface area (Å²) in [6.07, 6.45) is 1.80. The lowest BCUT2D eigenvalue weighted by Crippen LogP contribution is -2.04. The Bertz CT molecular complexity index is 534. The van der Waals surface area contributed by atoms with Crippen LogP contribution in [0.5, 0.6) is 0 Å². The molecule has 0 saturated carbocycles. The molecular formula is C12H13Cl3N2. The smallest absolute Gasteiger partial charge is 0.111 e. The molecule has 0 amide bonds. The highest BCUT2D eigenvalue weighted by Crippen LogP contribution is 2.28. The van der Waals surface area contributed by atoms with E-state index in [1.165, 1.54) is 0 Å². The number of fused-ring (bicyclic) bond motifs is 1. The van der Waals surface area contributed by atoms with Crippen molar-refractivity contribution in [1.82, 2.24) is 9.55 Å². The first-order chi connectivity index (χ1) is 8.17. The third kappa shape index (κ3) is 2.54. The van der Waals surface area contributed by atoms with Crippen LogP contribution in [-0.2, 0) is 13.0 Å². The van der Waals surface area contributed by atoms with Crippen molar-refractivity contribution < 1.29 is 0 Å². The molecule has 0 N–H and O–H groups in total. The third-order valence-electron chi connectivity index (χ3n) is 2.63. The summed E-state index contributed by atoms with van der Waals surface area (Å²) in [7, 11) is 0. The van der Waals surface area contributed by atoms with Gasteiger partial charge < -0.3 is 4.57 Å². The highest BCUT2D eigenvalue weighted by molar-refractivity contribution is 6.42. The topological polar surface area (TPSA) is 17.8 Å². The predicted molar refractivity (Wildman–Crippen MR) is 74.5 cm³/mol. The van der Waals surface area contributed by atoms with Crippen LogP contribution in [0.2, 0.25) is 10.0 Å². The average Bonchev–Trinajstić information content (AvgIpc) is 2.59. The molecule has 0 aliphatic rings. The number of aryl methyl sites for hydroxylation is 2. The average molecular weight is 292 g/mol. The lowest BCUT2D eigenvalue weighted by Gasteiger charge is -2.06. The maximum Gasteiger partial charge on any atom is 0.111 e. The Morgan fingerprint density at radius 3 is 2.59 bits per heavy atom. The van der Waals surface area contributed by atoms with E-state index in [9.17, 15) is 0 Å². The van der Waals surface area contributed by atoms with Crippen LogP contribution in [0.4, 0.5) is 0 Å². The zero-order valence-corrected chi connectivity index (χ0v) is 11.8. The van der Waals surface area contributed by atoms with Gasteiger partial charge in [-0.2, -0.15) is 0 Å². The summed E-state index contributed by atoms with van der Waals surface area (Å²) >= 11 is 17.8. The van der Waals surface area contributed by atoms with Gasteiger partial charge in [0.15, 0.2) is 0 Å². The van der Waals surface area contributed by atoms with Gasteiger partial charge in [-0.05, 0) is 18.6 Å². The number of alkyl halides is 1. The van der Waals surface area contributed by atoms with E-state index in [1.54, 1.807) is 0 Å². The summed E-state index contributed by atoms with van der Waals surface area (Å²) in [5.41, 5.74) is 1.91. The monoisotopic (exact) mass is 290 g/mol. The first-order valence-electron chi connectivity index (χ1n) is 5.57. The summed E-state index contributed by atoms with van der Waals surface area (Å²) in [6, 6.07) is 3.68. The second-order valence-electron chi connectivity index (χ2n) is 3.87. The molecule has 1 aromatic heterocycles. The summed E-state index contributed by atoms with van der Waals surface area (Å²) in [5, 5.41) is 1.10. The first kappa shape index (κ1) is 13.0. The fourth-order valence-electron chi connectivity index (χ4n) is 1.92. The highest BCUT2D eigenvalue weighted by Gasteiger charge is 2.12. The van der Waals surface area contributed by atoms with E-state index in [4.69, 9.17) is 34.8 Å². The van der Waals surface area contributed by atoms with Crippen LogP contribution >= 0.6 is 34.8 Å². The minimum Gasteiger partial charge on any atom is -0.328 e. The van der Waals surface area contributed by atoms with Crippen LogP contribution in [0.3, 0.4) is 0 Å². The maximum atomic E-state index is 6.05. The van der Waals surface area contributed by atoms with Crippen molar-refractivity contribution in [3.05, 3.63) is 28.0 Å². The van der Waals surface area contributed by atoms with Crippen LogP contribution in [0.1, 0.15) is 19.2 Å². The molecule has 2 rings (SSSR count). The summed E-state index contributed by atoms with van der Waals surface area (Å²) in [4.78, 5) is 4.56. The minimum atomic E-state index is 0.540. The molecule has 92 valence electrons. The Hall–Kier alpha value is -0.440. The van der Waals surface area contributed by atoms with E-state index in [2.05, 4.69) is 16.5 Å². The Morgan fingerprint density at radius 2 is 1.94 bits per heavy atom. The van der Waals surface area contributed by atoms with Crippen LogP contribution in [0.25, 0.3) is 11.0 Å². The molecule has 5 heteroatoms. The number of aromatic nitrogens is 2. The number of hydrogen-bond acceptors (Lipinski definition) is 1. The predicted octanol–water partition coefficient (Wildman–Crippen LogP) is 4.53. The van der Waals surface area contributed by atoms with Gasteiger partial charge in [0.1, 0.15) is 5.82 Å². The molecule has 0 atom stereocenters. The van der Waals surface area contributed by atoms with Crippen molar-refractivity contribution in [2.75, 3.05) is 5.88 Å². The van der Waals surface area contributed by atoms with Gasteiger partial charge in [-0.1, -0.05) is 30.1 Å². The first-order valence-corrected chi connectivity index (χ1v) is 6.86. The number of benzene rings is 1. The van der Waals surface area contributed by atoms with Gasteiger partial charge in [-0.25, -0.2) is 4.98 Å². The normalized spacial score (nSPS) is 11.3. The molecule has 0 aliphatic heterocycles. The van der Waals surface area contributed by atoms with Crippen molar-refractivity contribution in [3.8, 4) is 0 Å². The summed E-state index contributed by atoms with van der Waals surface area (Å²) in [6.45, 7) is 3.05. The number of halogens is 3. The number of rotatable bonds is 4. The summed E-state index contributed by atoms with van der Waals surface area (Å²) in [5.74, 6) is 1.56. The molecule has 1 heterocycles. The zero-order chi connectivity index (χ0) is 12.4. The molecule has 0 radical (unpaired) electrons. The van der Waals surface area contributed by atoms with Crippen molar-refractivity contribution in [1.29, 1.82) is 0 Å². The van der Waals surface area contributed by atoms with E-state index >= 15 is 0 Å². The molecule has 1 aromatic carbocycles. The Labute approximate surface area is 115 Å². The molecule has 0 bridgehead atoms. The Balaban J connectivity index is 2.62. The lowest BCUT2D eigenvalue weighted by molar-refractivity contribution is 0.660. The van der Waals surface area contributed by atoms with E-state index in [0.29, 0.717) is 15.9 Å². The van der Waals surface area contributed by atoms with E-state index in [1.807, 2.05) is 12.1 Å². The molecule has 17 heavy (non-hydrogen) atoms. The zero-order valence-electron chi connectivity index (χ0n) is 9.51. The van der Waals surface area contributed by atoms with Crippen molar-refractivity contribution in [2.45, 2.75) is 26.3 Å². The molecule has 0 spiro atoms. The molecule has 2 aromatic rings. The Morgan fingerprint density at radius 1 is 1.24 bits per heavy atom. The standard InChI is InChI=1S/C12H13Cl3N2/c1-2-5-17-11-7-9(15)8(14)6-10(11)16-12(17)3-4-13/h6-7H,2-5H2,1H3. The van der Waals surface area contributed by atoms with Crippen LogP contribution in [0.15, 0.2) is 12.1 Å². The van der Waals surface area contributed by atoms with Gasteiger partial charge >= 0.3 is 0 Å². The van der Waals surface area contributed by atoms with Gasteiger partial charge in [0.05, 0.1) is 21.1 Å². The quantitative estimate of drug-likeness (QED) is 0.757.